The van der Waals surface area contributed by atoms with E-state index in [1.807, 2.05) is 6.07 Å². The van der Waals surface area contributed by atoms with E-state index < -0.39 is 0 Å². The molecule has 0 spiro atoms. The average Bonchev–Trinajstić information content (AvgIpc) is 2.64. The van der Waals surface area contributed by atoms with Crippen molar-refractivity contribution in [2.45, 2.75) is 0 Å². The van der Waals surface area contributed by atoms with Crippen LogP contribution in [0.3, 0.4) is 0 Å². The van der Waals surface area contributed by atoms with Gasteiger partial charge in [-0.05, 0) is 30.3 Å². The van der Waals surface area contributed by atoms with E-state index in [0.717, 1.165) is 11.3 Å². The van der Waals surface area contributed by atoms with Crippen LogP contribution < -0.4 is 4.74 Å². The summed E-state index contributed by atoms with van der Waals surface area (Å²) in [6, 6.07) is 8.87. The standard InChI is InChI=1S/C13H8NO2/c1-16-8-4-5-9-11(7-8)13(15)10-3-2-6-14-12(9)10/h2-7H,1H2. The van der Waals surface area contributed by atoms with Crippen molar-refractivity contribution < 1.29 is 9.53 Å². The van der Waals surface area contributed by atoms with Crippen LogP contribution in [0.1, 0.15) is 15.9 Å². The molecule has 1 aliphatic carbocycles. The van der Waals surface area contributed by atoms with Crippen LogP contribution in [0.15, 0.2) is 36.5 Å². The Morgan fingerprint density at radius 2 is 2.00 bits per heavy atom. The van der Waals surface area contributed by atoms with Gasteiger partial charge in [-0.3, -0.25) is 9.78 Å². The normalized spacial score (nSPS) is 12.2. The Morgan fingerprint density at radius 1 is 1.12 bits per heavy atom. The van der Waals surface area contributed by atoms with Gasteiger partial charge in [-0.25, -0.2) is 0 Å². The van der Waals surface area contributed by atoms with Gasteiger partial charge >= 0.3 is 0 Å². The predicted molar refractivity (Wildman–Crippen MR) is 59.1 cm³/mol. The smallest absolute Gasteiger partial charge is 0.196 e. The SMILES string of the molecule is [CH2]Oc1ccc2c(c1)C(=O)c1cccnc1-2. The largest absolute Gasteiger partial charge is 0.490 e. The van der Waals surface area contributed by atoms with Gasteiger partial charge in [0, 0.05) is 22.9 Å². The molecular formula is C13H8NO2. The zero-order valence-electron chi connectivity index (χ0n) is 8.43. The summed E-state index contributed by atoms with van der Waals surface area (Å²) in [5.74, 6) is 0.580. The molecule has 3 nitrogen and oxygen atoms in total. The molecule has 0 unspecified atom stereocenters. The fourth-order valence-corrected chi connectivity index (χ4v) is 1.96. The zero-order valence-corrected chi connectivity index (χ0v) is 8.43. The number of hydrogen-bond acceptors (Lipinski definition) is 3. The van der Waals surface area contributed by atoms with Crippen LogP contribution in [-0.2, 0) is 0 Å². The molecule has 1 heterocycles. The highest BCUT2D eigenvalue weighted by Crippen LogP contribution is 2.36. The van der Waals surface area contributed by atoms with E-state index in [0.29, 0.717) is 16.9 Å². The van der Waals surface area contributed by atoms with Crippen LogP contribution in [-0.4, -0.2) is 10.8 Å². The van der Waals surface area contributed by atoms with Crippen LogP contribution in [0.4, 0.5) is 0 Å². The van der Waals surface area contributed by atoms with Gasteiger partial charge in [-0.2, -0.15) is 0 Å². The average molecular weight is 210 g/mol. The molecule has 0 saturated carbocycles. The maximum atomic E-state index is 12.0. The number of nitrogens with zero attached hydrogens (tertiary/aromatic N) is 1. The molecule has 1 aliphatic rings. The topological polar surface area (TPSA) is 39.2 Å². The Labute approximate surface area is 92.7 Å². The van der Waals surface area contributed by atoms with Crippen molar-refractivity contribution in [2.75, 3.05) is 0 Å². The van der Waals surface area contributed by atoms with Gasteiger partial charge in [-0.15, -0.1) is 0 Å². The first-order chi connectivity index (χ1) is 7.81. The minimum absolute atomic E-state index is 0.00278. The summed E-state index contributed by atoms with van der Waals surface area (Å²) < 4.78 is 4.86. The molecule has 0 atom stereocenters. The number of benzene rings is 1. The summed E-state index contributed by atoms with van der Waals surface area (Å²) in [4.78, 5) is 16.3. The van der Waals surface area contributed by atoms with E-state index in [4.69, 9.17) is 4.74 Å². The molecule has 0 N–H and O–H groups in total. The molecule has 1 aromatic carbocycles. The Kier molecular flexibility index (Phi) is 1.80. The fourth-order valence-electron chi connectivity index (χ4n) is 1.96. The van der Waals surface area contributed by atoms with Gasteiger partial charge in [0.05, 0.1) is 5.69 Å². The fraction of sp³-hybridized carbons (Fsp3) is 0. The third kappa shape index (κ3) is 1.08. The Hall–Kier alpha value is -2.16. The summed E-state index contributed by atoms with van der Waals surface area (Å²) in [6.07, 6.45) is 1.69. The Bertz CT molecular complexity index is 590. The minimum atomic E-state index is -0.00278. The van der Waals surface area contributed by atoms with Crippen molar-refractivity contribution in [2.24, 2.45) is 0 Å². The first kappa shape index (κ1) is 9.09. The molecule has 77 valence electrons. The Balaban J connectivity index is 2.29. The van der Waals surface area contributed by atoms with Gasteiger partial charge in [0.1, 0.15) is 12.9 Å². The second-order valence-electron chi connectivity index (χ2n) is 3.58. The number of fused-ring (bicyclic) bond motifs is 3. The van der Waals surface area contributed by atoms with E-state index in [9.17, 15) is 4.79 Å². The monoisotopic (exact) mass is 210 g/mol. The third-order valence-electron chi connectivity index (χ3n) is 2.71. The molecule has 3 heteroatoms. The molecule has 1 aromatic heterocycles. The number of ether oxygens (including phenoxy) is 1. The molecule has 2 aromatic rings. The molecule has 0 fully saturated rings. The van der Waals surface area contributed by atoms with Crippen molar-refractivity contribution in [1.82, 2.24) is 4.98 Å². The van der Waals surface area contributed by atoms with Crippen molar-refractivity contribution >= 4 is 5.78 Å². The molecule has 0 saturated heterocycles. The summed E-state index contributed by atoms with van der Waals surface area (Å²) in [5, 5.41) is 0. The Morgan fingerprint density at radius 3 is 2.81 bits per heavy atom. The summed E-state index contributed by atoms with van der Waals surface area (Å²) in [6.45, 7) is 0. The number of hydrogen-bond donors (Lipinski definition) is 0. The second-order valence-corrected chi connectivity index (χ2v) is 3.58. The summed E-state index contributed by atoms with van der Waals surface area (Å²) >= 11 is 0. The lowest BCUT2D eigenvalue weighted by Crippen LogP contribution is -1.95. The summed E-state index contributed by atoms with van der Waals surface area (Å²) in [7, 11) is 3.33. The second kappa shape index (κ2) is 3.17. The highest BCUT2D eigenvalue weighted by atomic mass is 16.5. The number of ketones is 1. The van der Waals surface area contributed by atoms with Gasteiger partial charge < -0.3 is 4.74 Å². The number of aromatic nitrogens is 1. The third-order valence-corrected chi connectivity index (χ3v) is 2.71. The van der Waals surface area contributed by atoms with Gasteiger partial charge in [0.2, 0.25) is 0 Å². The van der Waals surface area contributed by atoms with E-state index in [1.165, 1.54) is 0 Å². The molecule has 0 amide bonds. The van der Waals surface area contributed by atoms with Crippen molar-refractivity contribution in [3.8, 4) is 17.0 Å². The van der Waals surface area contributed by atoms with Crippen LogP contribution in [0.5, 0.6) is 5.75 Å². The maximum absolute atomic E-state index is 12.0. The van der Waals surface area contributed by atoms with E-state index in [-0.39, 0.29) is 5.78 Å². The number of carbonyl (C=O) groups is 1. The lowest BCUT2D eigenvalue weighted by atomic mass is 10.1. The first-order valence-corrected chi connectivity index (χ1v) is 4.87. The van der Waals surface area contributed by atoms with Gasteiger partial charge in [0.15, 0.2) is 5.78 Å². The number of rotatable bonds is 1. The molecule has 3 rings (SSSR count). The highest BCUT2D eigenvalue weighted by molar-refractivity contribution is 6.21. The number of pyridine rings is 1. The van der Waals surface area contributed by atoms with Crippen LogP contribution in [0, 0.1) is 7.11 Å². The molecule has 1 radical (unpaired) electrons. The van der Waals surface area contributed by atoms with Crippen molar-refractivity contribution in [3.05, 3.63) is 54.8 Å². The zero-order chi connectivity index (χ0) is 11.1. The first-order valence-electron chi connectivity index (χ1n) is 4.87. The lowest BCUT2D eigenvalue weighted by Gasteiger charge is -2.01. The van der Waals surface area contributed by atoms with Crippen LogP contribution >= 0.6 is 0 Å². The van der Waals surface area contributed by atoms with E-state index in [1.54, 1.807) is 30.5 Å². The molecule has 0 aliphatic heterocycles. The van der Waals surface area contributed by atoms with E-state index in [2.05, 4.69) is 12.1 Å². The van der Waals surface area contributed by atoms with Gasteiger partial charge in [-0.1, -0.05) is 0 Å². The summed E-state index contributed by atoms with van der Waals surface area (Å²) in [5.41, 5.74) is 2.90. The van der Waals surface area contributed by atoms with Crippen LogP contribution in [0.25, 0.3) is 11.3 Å². The van der Waals surface area contributed by atoms with Gasteiger partial charge in [0.25, 0.3) is 0 Å². The highest BCUT2D eigenvalue weighted by Gasteiger charge is 2.27. The maximum Gasteiger partial charge on any atom is 0.196 e. The molecule has 0 bridgehead atoms. The van der Waals surface area contributed by atoms with Crippen LogP contribution in [0.2, 0.25) is 0 Å². The molecular weight excluding hydrogens is 202 g/mol. The number of carbonyl (C=O) groups excluding carboxylic acids is 1. The van der Waals surface area contributed by atoms with Crippen molar-refractivity contribution in [1.29, 1.82) is 0 Å². The quantitative estimate of drug-likeness (QED) is 0.619. The van der Waals surface area contributed by atoms with Crippen molar-refractivity contribution in [3.63, 3.8) is 0 Å². The lowest BCUT2D eigenvalue weighted by molar-refractivity contribution is 0.104. The predicted octanol–water partition coefficient (Wildman–Crippen LogP) is 2.46. The molecule has 16 heavy (non-hydrogen) atoms. The minimum Gasteiger partial charge on any atom is -0.490 e. The van der Waals surface area contributed by atoms with E-state index >= 15 is 0 Å².